The Kier molecular flexibility index (Phi) is 8.64. The molecule has 0 aliphatic carbocycles. The number of rotatable bonds is 8. The SMILES string of the molecule is COc1ccc(C(=O)C(=O)N(c2cccc(Cl)c2)C(C(=O)Nc2cccc(C)c2C)c2coc3ccc(C)cc3c2=O)cc1. The van der Waals surface area contributed by atoms with Gasteiger partial charge >= 0.3 is 0 Å². The van der Waals surface area contributed by atoms with E-state index in [0.717, 1.165) is 27.9 Å². The van der Waals surface area contributed by atoms with Crippen molar-refractivity contribution in [3.63, 3.8) is 0 Å². The number of aryl methyl sites for hydroxylation is 2. The second-order valence-electron chi connectivity index (χ2n) is 10.4. The number of nitrogens with one attached hydrogen (secondary N) is 1. The molecule has 0 fully saturated rings. The third kappa shape index (κ3) is 5.98. The lowest BCUT2D eigenvalue weighted by Gasteiger charge is -2.30. The number of ether oxygens (including phenoxy) is 1. The Hall–Kier alpha value is -5.21. The number of Topliss-reactive ketones (excluding diaryl/α,β-unsaturated/α-hetero) is 1. The van der Waals surface area contributed by atoms with Crippen LogP contribution in [0.3, 0.4) is 0 Å². The summed E-state index contributed by atoms with van der Waals surface area (Å²) in [7, 11) is 1.48. The molecule has 1 atom stereocenters. The van der Waals surface area contributed by atoms with Gasteiger partial charge in [-0.1, -0.05) is 41.4 Å². The molecule has 222 valence electrons. The molecule has 9 heteroatoms. The molecule has 0 spiro atoms. The highest BCUT2D eigenvalue weighted by atomic mass is 35.5. The molecule has 0 aliphatic rings. The normalized spacial score (nSPS) is 11.6. The van der Waals surface area contributed by atoms with Gasteiger partial charge in [-0.15, -0.1) is 0 Å². The topological polar surface area (TPSA) is 106 Å². The fourth-order valence-electron chi connectivity index (χ4n) is 4.92. The summed E-state index contributed by atoms with van der Waals surface area (Å²) in [6, 6.07) is 21.1. The highest BCUT2D eigenvalue weighted by Gasteiger charge is 2.38. The molecule has 1 N–H and O–H groups in total. The van der Waals surface area contributed by atoms with Gasteiger partial charge in [-0.3, -0.25) is 24.1 Å². The molecular formula is C35H29ClN2O6. The third-order valence-corrected chi connectivity index (χ3v) is 7.71. The van der Waals surface area contributed by atoms with Crippen LogP contribution in [0.15, 0.2) is 100 Å². The summed E-state index contributed by atoms with van der Waals surface area (Å²) in [5.74, 6) is -2.19. The van der Waals surface area contributed by atoms with E-state index in [1.807, 2.05) is 26.8 Å². The molecule has 0 aliphatic heterocycles. The largest absolute Gasteiger partial charge is 0.497 e. The van der Waals surface area contributed by atoms with Crippen molar-refractivity contribution in [1.29, 1.82) is 0 Å². The number of amides is 2. The lowest BCUT2D eigenvalue weighted by molar-refractivity contribution is -0.121. The maximum absolute atomic E-state index is 14.3. The van der Waals surface area contributed by atoms with E-state index in [1.165, 1.54) is 31.4 Å². The monoisotopic (exact) mass is 608 g/mol. The van der Waals surface area contributed by atoms with Crippen LogP contribution in [-0.4, -0.2) is 24.7 Å². The summed E-state index contributed by atoms with van der Waals surface area (Å²) in [6.07, 6.45) is 1.16. The number of methoxy groups -OCH3 is 1. The lowest BCUT2D eigenvalue weighted by atomic mass is 10.00. The van der Waals surface area contributed by atoms with Crippen LogP contribution in [0.2, 0.25) is 5.02 Å². The fraction of sp³-hybridized carbons (Fsp3) is 0.143. The van der Waals surface area contributed by atoms with Gasteiger partial charge in [0.1, 0.15) is 23.6 Å². The highest BCUT2D eigenvalue weighted by molar-refractivity contribution is 6.47. The standard InChI is InChI=1S/C35H29ClN2O6/c1-20-11-16-30-27(17-20)33(40)28(19-44-30)31(34(41)37-29-10-5-7-21(2)22(29)3)38(25-9-6-8-24(36)18-25)35(42)32(39)23-12-14-26(43-4)15-13-23/h5-19,31H,1-4H3,(H,37,41). The number of ketones is 1. The van der Waals surface area contributed by atoms with Gasteiger partial charge in [0.05, 0.1) is 18.1 Å². The minimum Gasteiger partial charge on any atom is -0.497 e. The van der Waals surface area contributed by atoms with E-state index in [2.05, 4.69) is 5.32 Å². The van der Waals surface area contributed by atoms with Gasteiger partial charge < -0.3 is 14.5 Å². The van der Waals surface area contributed by atoms with Gasteiger partial charge in [0, 0.05) is 22.0 Å². The quantitative estimate of drug-likeness (QED) is 0.151. The van der Waals surface area contributed by atoms with Crippen molar-refractivity contribution >= 4 is 51.5 Å². The summed E-state index contributed by atoms with van der Waals surface area (Å²) in [4.78, 5) is 57.3. The van der Waals surface area contributed by atoms with Crippen molar-refractivity contribution in [3.05, 3.63) is 134 Å². The van der Waals surface area contributed by atoms with Crippen LogP contribution < -0.4 is 20.4 Å². The molecule has 5 rings (SSSR count). The predicted molar refractivity (Wildman–Crippen MR) is 171 cm³/mol. The number of halogens is 1. The van der Waals surface area contributed by atoms with Crippen molar-refractivity contribution in [2.45, 2.75) is 26.8 Å². The van der Waals surface area contributed by atoms with Gasteiger partial charge in [-0.2, -0.15) is 0 Å². The Bertz CT molecular complexity index is 1970. The Morgan fingerprint density at radius 3 is 2.34 bits per heavy atom. The van der Waals surface area contributed by atoms with E-state index in [-0.39, 0.29) is 27.2 Å². The van der Waals surface area contributed by atoms with Crippen LogP contribution in [0.1, 0.15) is 38.7 Å². The Morgan fingerprint density at radius 1 is 0.909 bits per heavy atom. The van der Waals surface area contributed by atoms with E-state index in [9.17, 15) is 19.2 Å². The molecule has 1 heterocycles. The summed E-state index contributed by atoms with van der Waals surface area (Å²) < 4.78 is 11.0. The van der Waals surface area contributed by atoms with E-state index in [4.69, 9.17) is 20.8 Å². The van der Waals surface area contributed by atoms with Gasteiger partial charge in [0.15, 0.2) is 5.43 Å². The summed E-state index contributed by atoms with van der Waals surface area (Å²) >= 11 is 6.33. The maximum Gasteiger partial charge on any atom is 0.300 e. The van der Waals surface area contributed by atoms with Crippen LogP contribution in [0.25, 0.3) is 11.0 Å². The van der Waals surface area contributed by atoms with Crippen molar-refractivity contribution in [3.8, 4) is 5.75 Å². The van der Waals surface area contributed by atoms with Crippen LogP contribution in [0, 0.1) is 20.8 Å². The Labute approximate surface area is 258 Å². The Morgan fingerprint density at radius 2 is 1.64 bits per heavy atom. The Balaban J connectivity index is 1.73. The molecule has 2 amide bonds. The highest BCUT2D eigenvalue weighted by Crippen LogP contribution is 2.32. The van der Waals surface area contributed by atoms with E-state index in [1.54, 1.807) is 54.6 Å². The van der Waals surface area contributed by atoms with Gasteiger partial charge in [-0.25, -0.2) is 0 Å². The molecule has 1 aromatic heterocycles. The zero-order chi connectivity index (χ0) is 31.5. The second-order valence-corrected chi connectivity index (χ2v) is 10.8. The molecule has 44 heavy (non-hydrogen) atoms. The average Bonchev–Trinajstić information content (AvgIpc) is 3.02. The first-order chi connectivity index (χ1) is 21.1. The lowest BCUT2D eigenvalue weighted by Crippen LogP contribution is -2.46. The first-order valence-electron chi connectivity index (χ1n) is 13.8. The molecular weight excluding hydrogens is 580 g/mol. The molecule has 5 aromatic rings. The maximum atomic E-state index is 14.3. The van der Waals surface area contributed by atoms with Gasteiger partial charge in [0.2, 0.25) is 0 Å². The number of carbonyl (C=O) groups excluding carboxylic acids is 3. The zero-order valence-corrected chi connectivity index (χ0v) is 25.3. The molecule has 0 bridgehead atoms. The van der Waals surface area contributed by atoms with Crippen molar-refractivity contribution in [1.82, 2.24) is 0 Å². The van der Waals surface area contributed by atoms with E-state index >= 15 is 0 Å². The van der Waals surface area contributed by atoms with Crippen LogP contribution in [-0.2, 0) is 9.59 Å². The number of hydrogen-bond acceptors (Lipinski definition) is 6. The number of fused-ring (bicyclic) bond motifs is 1. The average molecular weight is 609 g/mol. The number of benzene rings is 4. The molecule has 4 aromatic carbocycles. The van der Waals surface area contributed by atoms with Crippen molar-refractivity contribution in [2.75, 3.05) is 17.3 Å². The van der Waals surface area contributed by atoms with Crippen LogP contribution >= 0.6 is 11.6 Å². The first-order valence-corrected chi connectivity index (χ1v) is 14.1. The minimum absolute atomic E-state index is 0.0673. The summed E-state index contributed by atoms with van der Waals surface area (Å²) in [6.45, 7) is 5.57. The number of anilines is 2. The van der Waals surface area contributed by atoms with Crippen LogP contribution in [0.4, 0.5) is 11.4 Å². The van der Waals surface area contributed by atoms with Gasteiger partial charge in [0.25, 0.3) is 17.6 Å². The molecule has 1 unspecified atom stereocenters. The van der Waals surface area contributed by atoms with E-state index < -0.39 is 29.1 Å². The second kappa shape index (κ2) is 12.6. The third-order valence-electron chi connectivity index (χ3n) is 7.47. The van der Waals surface area contributed by atoms with Crippen molar-refractivity contribution < 1.29 is 23.5 Å². The zero-order valence-electron chi connectivity index (χ0n) is 24.5. The molecule has 8 nitrogen and oxygen atoms in total. The van der Waals surface area contributed by atoms with Crippen molar-refractivity contribution in [2.24, 2.45) is 0 Å². The van der Waals surface area contributed by atoms with Crippen LogP contribution in [0.5, 0.6) is 5.75 Å². The predicted octanol–water partition coefficient (Wildman–Crippen LogP) is 6.98. The smallest absolute Gasteiger partial charge is 0.300 e. The number of hydrogen-bond donors (Lipinski definition) is 1. The summed E-state index contributed by atoms with van der Waals surface area (Å²) in [5, 5.41) is 3.36. The number of carbonyl (C=O) groups is 3. The van der Waals surface area contributed by atoms with Gasteiger partial charge in [-0.05, 0) is 92.6 Å². The molecule has 0 radical (unpaired) electrons. The molecule has 0 saturated carbocycles. The van der Waals surface area contributed by atoms with E-state index in [0.29, 0.717) is 17.0 Å². The number of nitrogens with zero attached hydrogens (tertiary/aromatic N) is 1. The fourth-order valence-corrected chi connectivity index (χ4v) is 5.10. The minimum atomic E-state index is -1.62. The molecule has 0 saturated heterocycles. The first kappa shape index (κ1) is 30.3. The summed E-state index contributed by atoms with van der Waals surface area (Å²) in [5.41, 5.74) is 2.87.